The van der Waals surface area contributed by atoms with Crippen LogP contribution in [0.25, 0.3) is 0 Å². The first-order valence-corrected chi connectivity index (χ1v) is 9.61. The van der Waals surface area contributed by atoms with Gasteiger partial charge in [0, 0.05) is 4.88 Å². The van der Waals surface area contributed by atoms with Crippen molar-refractivity contribution < 1.29 is 9.69 Å². The zero-order chi connectivity index (χ0) is 17.1. The van der Waals surface area contributed by atoms with Gasteiger partial charge in [0.2, 0.25) is 0 Å². The van der Waals surface area contributed by atoms with Gasteiger partial charge in [-0.1, -0.05) is 37.3 Å². The van der Waals surface area contributed by atoms with E-state index in [1.54, 1.807) is 11.3 Å². The standard InChI is InChI=1S/C20H26N2OS/c1-14-9-10-18-16(11-14)12-19(24-18)20(23)21-17(13-22(2)3)15-7-5-4-6-8-15/h4-8,12,14,17H,9-11,13H2,1-3H3,(H,21,23)/p+1/t14-,17+/m1/s1. The molecule has 3 nitrogen and oxygen atoms in total. The second-order valence-electron chi connectivity index (χ2n) is 7.25. The van der Waals surface area contributed by atoms with Crippen LogP contribution >= 0.6 is 11.3 Å². The molecule has 1 amide bonds. The summed E-state index contributed by atoms with van der Waals surface area (Å²) in [5.74, 6) is 0.801. The van der Waals surface area contributed by atoms with Gasteiger partial charge in [-0.05, 0) is 42.4 Å². The van der Waals surface area contributed by atoms with Gasteiger partial charge in [0.05, 0.1) is 19.0 Å². The maximum Gasteiger partial charge on any atom is 0.262 e. The maximum atomic E-state index is 12.8. The summed E-state index contributed by atoms with van der Waals surface area (Å²) in [6.07, 6.45) is 3.48. The third kappa shape index (κ3) is 4.05. The Balaban J connectivity index is 1.76. The average molecular weight is 344 g/mol. The number of fused-ring (bicyclic) bond motifs is 1. The molecule has 2 atom stereocenters. The van der Waals surface area contributed by atoms with E-state index >= 15 is 0 Å². The van der Waals surface area contributed by atoms with Gasteiger partial charge in [0.25, 0.3) is 5.91 Å². The molecule has 1 heterocycles. The van der Waals surface area contributed by atoms with E-state index in [2.05, 4.69) is 44.5 Å². The third-order valence-corrected chi connectivity index (χ3v) is 5.91. The molecule has 0 spiro atoms. The van der Waals surface area contributed by atoms with Crippen molar-refractivity contribution in [3.05, 3.63) is 57.3 Å². The summed E-state index contributed by atoms with van der Waals surface area (Å²) in [6.45, 7) is 3.17. The average Bonchev–Trinajstić information content (AvgIpc) is 2.98. The van der Waals surface area contributed by atoms with Crippen molar-refractivity contribution in [1.82, 2.24) is 5.32 Å². The van der Waals surface area contributed by atoms with Gasteiger partial charge >= 0.3 is 0 Å². The monoisotopic (exact) mass is 343 g/mol. The molecule has 0 unspecified atom stereocenters. The number of carbonyl (C=O) groups is 1. The molecule has 24 heavy (non-hydrogen) atoms. The molecule has 0 saturated heterocycles. The lowest BCUT2D eigenvalue weighted by Crippen LogP contribution is -3.06. The zero-order valence-electron chi connectivity index (χ0n) is 14.8. The van der Waals surface area contributed by atoms with Crippen molar-refractivity contribution in [3.8, 4) is 0 Å². The second-order valence-corrected chi connectivity index (χ2v) is 8.39. The Morgan fingerprint density at radius 3 is 2.79 bits per heavy atom. The van der Waals surface area contributed by atoms with Crippen LogP contribution < -0.4 is 10.2 Å². The van der Waals surface area contributed by atoms with E-state index in [1.807, 2.05) is 18.2 Å². The van der Waals surface area contributed by atoms with Crippen LogP contribution in [0.1, 0.15) is 45.1 Å². The molecule has 1 aromatic heterocycles. The van der Waals surface area contributed by atoms with E-state index in [-0.39, 0.29) is 11.9 Å². The molecule has 2 N–H and O–H groups in total. The first-order chi connectivity index (χ1) is 11.5. The molecule has 1 aromatic carbocycles. The van der Waals surface area contributed by atoms with E-state index in [1.165, 1.54) is 27.3 Å². The quantitative estimate of drug-likeness (QED) is 0.859. The van der Waals surface area contributed by atoms with Crippen LogP contribution in [0.3, 0.4) is 0 Å². The molecule has 0 bridgehead atoms. The fourth-order valence-corrected chi connectivity index (χ4v) is 4.50. The van der Waals surface area contributed by atoms with E-state index in [0.29, 0.717) is 0 Å². The van der Waals surface area contributed by atoms with E-state index in [0.717, 1.165) is 30.2 Å². The molecule has 0 aliphatic heterocycles. The lowest BCUT2D eigenvalue weighted by atomic mass is 9.90. The number of hydrogen-bond acceptors (Lipinski definition) is 2. The summed E-state index contributed by atoms with van der Waals surface area (Å²) >= 11 is 1.68. The highest BCUT2D eigenvalue weighted by molar-refractivity contribution is 7.14. The lowest BCUT2D eigenvalue weighted by molar-refractivity contribution is -0.860. The molecule has 0 radical (unpaired) electrons. The zero-order valence-corrected chi connectivity index (χ0v) is 15.6. The van der Waals surface area contributed by atoms with Gasteiger partial charge in [0.15, 0.2) is 0 Å². The molecule has 128 valence electrons. The Kier molecular flexibility index (Phi) is 5.36. The number of amides is 1. The highest BCUT2D eigenvalue weighted by Gasteiger charge is 2.23. The number of hydrogen-bond donors (Lipinski definition) is 2. The van der Waals surface area contributed by atoms with Crippen LogP contribution in [0.2, 0.25) is 0 Å². The minimum atomic E-state index is 0.0433. The van der Waals surface area contributed by atoms with Crippen LogP contribution in [0, 0.1) is 5.92 Å². The molecule has 0 saturated carbocycles. The largest absolute Gasteiger partial charge is 0.339 e. The predicted molar refractivity (Wildman–Crippen MR) is 99.8 cm³/mol. The molecule has 4 heteroatoms. The molecular formula is C20H27N2OS+. The summed E-state index contributed by atoms with van der Waals surface area (Å²) in [6, 6.07) is 12.4. The first-order valence-electron chi connectivity index (χ1n) is 8.79. The topological polar surface area (TPSA) is 33.5 Å². The number of nitrogens with one attached hydrogen (secondary N) is 2. The maximum absolute atomic E-state index is 12.8. The molecule has 2 aromatic rings. The van der Waals surface area contributed by atoms with Gasteiger partial charge < -0.3 is 10.2 Å². The normalized spacial score (nSPS) is 18.2. The van der Waals surface area contributed by atoms with Crippen molar-refractivity contribution in [3.63, 3.8) is 0 Å². The Bertz CT molecular complexity index is 693. The third-order valence-electron chi connectivity index (χ3n) is 4.67. The van der Waals surface area contributed by atoms with Crippen LogP contribution in [0.15, 0.2) is 36.4 Å². The van der Waals surface area contributed by atoms with Crippen LogP contribution in [-0.2, 0) is 12.8 Å². The number of rotatable bonds is 5. The smallest absolute Gasteiger partial charge is 0.262 e. The van der Waals surface area contributed by atoms with Crippen molar-refractivity contribution >= 4 is 17.2 Å². The summed E-state index contributed by atoms with van der Waals surface area (Å²) < 4.78 is 0. The highest BCUT2D eigenvalue weighted by atomic mass is 32.1. The van der Waals surface area contributed by atoms with Crippen molar-refractivity contribution in [1.29, 1.82) is 0 Å². The number of benzene rings is 1. The minimum absolute atomic E-state index is 0.0433. The van der Waals surface area contributed by atoms with Gasteiger partial charge in [-0.3, -0.25) is 4.79 Å². The Hall–Kier alpha value is -1.65. The molecule has 0 fully saturated rings. The summed E-state index contributed by atoms with van der Waals surface area (Å²) in [5.41, 5.74) is 2.56. The molecule has 3 rings (SSSR count). The van der Waals surface area contributed by atoms with Crippen molar-refractivity contribution in [2.24, 2.45) is 5.92 Å². The predicted octanol–water partition coefficient (Wildman–Crippen LogP) is 2.49. The minimum Gasteiger partial charge on any atom is -0.339 e. The van der Waals surface area contributed by atoms with E-state index < -0.39 is 0 Å². The van der Waals surface area contributed by atoms with Crippen LogP contribution in [0.4, 0.5) is 0 Å². The summed E-state index contributed by atoms with van der Waals surface area (Å²) in [7, 11) is 4.24. The van der Waals surface area contributed by atoms with Crippen LogP contribution in [-0.4, -0.2) is 26.5 Å². The molecule has 1 aliphatic carbocycles. The number of carbonyl (C=O) groups excluding carboxylic acids is 1. The number of thiophene rings is 1. The van der Waals surface area contributed by atoms with Gasteiger partial charge in [-0.25, -0.2) is 0 Å². The lowest BCUT2D eigenvalue weighted by Gasteiger charge is -2.20. The highest BCUT2D eigenvalue weighted by Crippen LogP contribution is 2.32. The van der Waals surface area contributed by atoms with Gasteiger partial charge in [-0.15, -0.1) is 11.3 Å². The first kappa shape index (κ1) is 17.2. The van der Waals surface area contributed by atoms with Gasteiger partial charge in [0.1, 0.15) is 12.6 Å². The Morgan fingerprint density at radius 2 is 2.08 bits per heavy atom. The van der Waals surface area contributed by atoms with Gasteiger partial charge in [-0.2, -0.15) is 0 Å². The summed E-state index contributed by atoms with van der Waals surface area (Å²) in [5, 5.41) is 3.25. The molecular weight excluding hydrogens is 316 g/mol. The van der Waals surface area contributed by atoms with Crippen molar-refractivity contribution in [2.75, 3.05) is 20.6 Å². The summed E-state index contributed by atoms with van der Waals surface area (Å²) in [4.78, 5) is 16.4. The Morgan fingerprint density at radius 1 is 1.33 bits per heavy atom. The molecule has 1 aliphatic rings. The van der Waals surface area contributed by atoms with Crippen LogP contribution in [0.5, 0.6) is 0 Å². The van der Waals surface area contributed by atoms with E-state index in [9.17, 15) is 4.79 Å². The number of aryl methyl sites for hydroxylation is 1. The fourth-order valence-electron chi connectivity index (χ4n) is 3.39. The SMILES string of the molecule is C[C@@H]1CCc2sc(C(=O)N[C@@H](C[NH+](C)C)c3ccccc3)cc2C1. The van der Waals surface area contributed by atoms with E-state index in [4.69, 9.17) is 0 Å². The number of quaternary nitrogens is 1. The van der Waals surface area contributed by atoms with Crippen molar-refractivity contribution in [2.45, 2.75) is 32.2 Å². The fraction of sp³-hybridized carbons (Fsp3) is 0.450. The number of likely N-dealkylation sites (N-methyl/N-ethyl adjacent to an activating group) is 1. The Labute approximate surface area is 148 Å². The second kappa shape index (κ2) is 7.49.